The van der Waals surface area contributed by atoms with Crippen molar-refractivity contribution in [3.05, 3.63) is 18.2 Å². The first-order chi connectivity index (χ1) is 10.0. The third-order valence-corrected chi connectivity index (χ3v) is 4.92. The van der Waals surface area contributed by atoms with Gasteiger partial charge in [0.1, 0.15) is 5.82 Å². The van der Waals surface area contributed by atoms with Gasteiger partial charge in [-0.15, -0.1) is 0 Å². The van der Waals surface area contributed by atoms with Crippen LogP contribution in [-0.2, 0) is 13.0 Å². The van der Waals surface area contributed by atoms with Crippen molar-refractivity contribution in [2.75, 3.05) is 6.54 Å². The summed E-state index contributed by atoms with van der Waals surface area (Å²) in [7, 11) is 0. The van der Waals surface area contributed by atoms with Crippen LogP contribution in [0.1, 0.15) is 37.9 Å². The van der Waals surface area contributed by atoms with Gasteiger partial charge in [-0.3, -0.25) is 0 Å². The number of nitrogens with zero attached hydrogens (tertiary/aromatic N) is 2. The van der Waals surface area contributed by atoms with E-state index in [1.807, 2.05) is 12.4 Å². The number of halogens is 3. The van der Waals surface area contributed by atoms with Crippen molar-refractivity contribution in [1.29, 1.82) is 0 Å². The van der Waals surface area contributed by atoms with Crippen LogP contribution in [0.25, 0.3) is 0 Å². The Hall–Kier alpha value is -1.04. The van der Waals surface area contributed by atoms with Crippen LogP contribution < -0.4 is 5.32 Å². The maximum Gasteiger partial charge on any atom is 0.391 e. The Labute approximate surface area is 122 Å². The molecule has 2 heterocycles. The van der Waals surface area contributed by atoms with Crippen LogP contribution in [-0.4, -0.2) is 28.3 Å². The molecule has 0 radical (unpaired) electrons. The Bertz CT molecular complexity index is 461. The molecule has 0 amide bonds. The summed E-state index contributed by atoms with van der Waals surface area (Å²) >= 11 is 0. The summed E-state index contributed by atoms with van der Waals surface area (Å²) in [5.74, 6) is 0.628. The molecule has 1 N–H and O–H groups in total. The summed E-state index contributed by atoms with van der Waals surface area (Å²) in [4.78, 5) is 4.31. The first kappa shape index (κ1) is 14.9. The smallest absolute Gasteiger partial charge is 0.335 e. The Balaban J connectivity index is 1.41. The van der Waals surface area contributed by atoms with Gasteiger partial charge < -0.3 is 9.88 Å². The molecule has 0 saturated heterocycles. The monoisotopic (exact) mass is 301 g/mol. The first-order valence-corrected chi connectivity index (χ1v) is 7.82. The number of aryl methyl sites for hydroxylation is 1. The highest BCUT2D eigenvalue weighted by Gasteiger charge is 2.41. The average molecular weight is 301 g/mol. The summed E-state index contributed by atoms with van der Waals surface area (Å²) in [6.45, 7) is 1.87. The Morgan fingerprint density at radius 3 is 2.67 bits per heavy atom. The minimum Gasteiger partial charge on any atom is -0.335 e. The van der Waals surface area contributed by atoms with Crippen molar-refractivity contribution in [3.8, 4) is 0 Å². The molecule has 0 unspecified atom stereocenters. The van der Waals surface area contributed by atoms with E-state index in [-0.39, 0.29) is 18.9 Å². The van der Waals surface area contributed by atoms with Crippen molar-refractivity contribution < 1.29 is 13.2 Å². The fourth-order valence-electron chi connectivity index (χ4n) is 3.56. The molecule has 21 heavy (non-hydrogen) atoms. The number of nitrogens with one attached hydrogen (secondary N) is 1. The lowest BCUT2D eigenvalue weighted by atomic mass is 9.85. The lowest BCUT2D eigenvalue weighted by Crippen LogP contribution is -2.40. The van der Waals surface area contributed by atoms with Gasteiger partial charge in [0.2, 0.25) is 0 Å². The van der Waals surface area contributed by atoms with Crippen LogP contribution in [0, 0.1) is 11.8 Å². The third-order valence-electron chi connectivity index (χ3n) is 4.92. The Kier molecular flexibility index (Phi) is 4.24. The molecule has 2 aliphatic rings. The van der Waals surface area contributed by atoms with Crippen molar-refractivity contribution in [2.24, 2.45) is 11.8 Å². The quantitative estimate of drug-likeness (QED) is 0.929. The molecule has 0 spiro atoms. The molecule has 1 aliphatic carbocycles. The molecule has 1 fully saturated rings. The van der Waals surface area contributed by atoms with E-state index >= 15 is 0 Å². The van der Waals surface area contributed by atoms with Gasteiger partial charge in [0, 0.05) is 31.4 Å². The van der Waals surface area contributed by atoms with Gasteiger partial charge in [-0.1, -0.05) is 0 Å². The van der Waals surface area contributed by atoms with Gasteiger partial charge in [0.15, 0.2) is 0 Å². The summed E-state index contributed by atoms with van der Waals surface area (Å²) < 4.78 is 40.1. The highest BCUT2D eigenvalue weighted by molar-refractivity contribution is 4.97. The van der Waals surface area contributed by atoms with Crippen LogP contribution in [0.2, 0.25) is 0 Å². The van der Waals surface area contributed by atoms with Crippen molar-refractivity contribution >= 4 is 0 Å². The molecule has 1 aromatic heterocycles. The van der Waals surface area contributed by atoms with E-state index in [1.54, 1.807) is 0 Å². The van der Waals surface area contributed by atoms with Gasteiger partial charge in [-0.05, 0) is 44.6 Å². The summed E-state index contributed by atoms with van der Waals surface area (Å²) in [6, 6.07) is 0.257. The minimum absolute atomic E-state index is 0.257. The van der Waals surface area contributed by atoms with Crippen LogP contribution >= 0.6 is 0 Å². The lowest BCUT2D eigenvalue weighted by molar-refractivity contribution is -0.182. The maximum atomic E-state index is 12.6. The molecular formula is C15H22F3N3. The maximum absolute atomic E-state index is 12.6. The van der Waals surface area contributed by atoms with E-state index in [0.717, 1.165) is 31.8 Å². The van der Waals surface area contributed by atoms with Gasteiger partial charge in [-0.2, -0.15) is 13.2 Å². The zero-order valence-corrected chi connectivity index (χ0v) is 12.1. The SMILES string of the molecule is FC(F)(F)C1CCC(NC[C@@H]2CCc3nccn3C2)CC1. The van der Waals surface area contributed by atoms with Crippen LogP contribution in [0.15, 0.2) is 12.4 Å². The van der Waals surface area contributed by atoms with Gasteiger partial charge in [-0.25, -0.2) is 4.98 Å². The van der Waals surface area contributed by atoms with E-state index in [2.05, 4.69) is 14.9 Å². The summed E-state index contributed by atoms with van der Waals surface area (Å²) in [5.41, 5.74) is 0. The van der Waals surface area contributed by atoms with Gasteiger partial charge in [0.25, 0.3) is 0 Å². The molecular weight excluding hydrogens is 279 g/mol. The standard InChI is InChI=1S/C15H22F3N3/c16-15(17,18)12-2-4-13(5-3-12)20-9-11-1-6-14-19-7-8-21(14)10-11/h7-8,11-13,20H,1-6,9-10H2/t11-,12?,13?/m0/s1. The number of rotatable bonds is 3. The van der Waals surface area contributed by atoms with Crippen LogP contribution in [0.3, 0.4) is 0 Å². The predicted octanol–water partition coefficient (Wildman–Crippen LogP) is 3.16. The van der Waals surface area contributed by atoms with Crippen molar-refractivity contribution in [3.63, 3.8) is 0 Å². The number of aromatic nitrogens is 2. The van der Waals surface area contributed by atoms with Crippen molar-refractivity contribution in [1.82, 2.24) is 14.9 Å². The summed E-state index contributed by atoms with van der Waals surface area (Å²) in [6.07, 6.45) is 3.79. The first-order valence-electron chi connectivity index (χ1n) is 7.82. The molecule has 6 heteroatoms. The molecule has 1 saturated carbocycles. The Morgan fingerprint density at radius 2 is 1.95 bits per heavy atom. The highest BCUT2D eigenvalue weighted by atomic mass is 19.4. The fourth-order valence-corrected chi connectivity index (χ4v) is 3.56. The molecule has 0 aromatic carbocycles. The van der Waals surface area contributed by atoms with Crippen molar-refractivity contribution in [2.45, 2.75) is 57.3 Å². The van der Waals surface area contributed by atoms with E-state index in [0.29, 0.717) is 18.8 Å². The molecule has 118 valence electrons. The van der Waals surface area contributed by atoms with Crippen LogP contribution in [0.4, 0.5) is 13.2 Å². The number of hydrogen-bond acceptors (Lipinski definition) is 2. The second kappa shape index (κ2) is 5.99. The second-order valence-corrected chi connectivity index (χ2v) is 6.40. The lowest BCUT2D eigenvalue weighted by Gasteiger charge is -2.32. The summed E-state index contributed by atoms with van der Waals surface area (Å²) in [5, 5.41) is 3.49. The molecule has 1 atom stereocenters. The molecule has 0 bridgehead atoms. The zero-order valence-electron chi connectivity index (χ0n) is 12.1. The normalized spacial score (nSPS) is 30.1. The topological polar surface area (TPSA) is 29.9 Å². The van der Waals surface area contributed by atoms with Crippen LogP contribution in [0.5, 0.6) is 0 Å². The molecule has 1 aromatic rings. The highest BCUT2D eigenvalue weighted by Crippen LogP contribution is 2.37. The largest absolute Gasteiger partial charge is 0.391 e. The number of imidazole rings is 1. The average Bonchev–Trinajstić information content (AvgIpc) is 2.92. The number of fused-ring (bicyclic) bond motifs is 1. The zero-order chi connectivity index (χ0) is 14.9. The third kappa shape index (κ3) is 3.59. The van der Waals surface area contributed by atoms with E-state index < -0.39 is 12.1 Å². The minimum atomic E-state index is -4.01. The van der Waals surface area contributed by atoms with E-state index in [4.69, 9.17) is 0 Å². The molecule has 3 nitrogen and oxygen atoms in total. The fraction of sp³-hybridized carbons (Fsp3) is 0.800. The van der Waals surface area contributed by atoms with Gasteiger partial charge >= 0.3 is 6.18 Å². The van der Waals surface area contributed by atoms with E-state index in [9.17, 15) is 13.2 Å². The number of hydrogen-bond donors (Lipinski definition) is 1. The molecule has 1 aliphatic heterocycles. The Morgan fingerprint density at radius 1 is 1.19 bits per heavy atom. The number of alkyl halides is 3. The van der Waals surface area contributed by atoms with Gasteiger partial charge in [0.05, 0.1) is 5.92 Å². The predicted molar refractivity (Wildman–Crippen MR) is 73.8 cm³/mol. The molecule has 3 rings (SSSR count). The van der Waals surface area contributed by atoms with E-state index in [1.165, 1.54) is 0 Å². The second-order valence-electron chi connectivity index (χ2n) is 6.40.